The SMILES string of the molecule is COCCNC(=O)Cc1ccc2oc(=O)[nH]c2c1. The Labute approximate surface area is 103 Å². The Morgan fingerprint density at radius 2 is 2.33 bits per heavy atom. The molecule has 6 heteroatoms. The van der Waals surface area contributed by atoms with E-state index in [1.807, 2.05) is 0 Å². The van der Waals surface area contributed by atoms with E-state index in [4.69, 9.17) is 9.15 Å². The van der Waals surface area contributed by atoms with E-state index in [9.17, 15) is 9.59 Å². The van der Waals surface area contributed by atoms with Gasteiger partial charge in [0.15, 0.2) is 5.58 Å². The number of benzene rings is 1. The van der Waals surface area contributed by atoms with Crippen LogP contribution in [-0.2, 0) is 16.0 Å². The normalized spacial score (nSPS) is 10.7. The van der Waals surface area contributed by atoms with E-state index in [2.05, 4.69) is 10.3 Å². The molecule has 1 aromatic carbocycles. The summed E-state index contributed by atoms with van der Waals surface area (Å²) in [7, 11) is 1.58. The summed E-state index contributed by atoms with van der Waals surface area (Å²) in [6.45, 7) is 0.972. The Kier molecular flexibility index (Phi) is 3.78. The van der Waals surface area contributed by atoms with Crippen molar-refractivity contribution in [2.45, 2.75) is 6.42 Å². The van der Waals surface area contributed by atoms with Crippen molar-refractivity contribution in [3.05, 3.63) is 34.3 Å². The molecule has 0 saturated heterocycles. The van der Waals surface area contributed by atoms with Gasteiger partial charge in [0, 0.05) is 13.7 Å². The second kappa shape index (κ2) is 5.50. The van der Waals surface area contributed by atoms with Gasteiger partial charge in [0.1, 0.15) is 0 Å². The van der Waals surface area contributed by atoms with Crippen LogP contribution in [0, 0.1) is 0 Å². The highest BCUT2D eigenvalue weighted by Crippen LogP contribution is 2.12. The molecule has 0 aliphatic carbocycles. The monoisotopic (exact) mass is 250 g/mol. The van der Waals surface area contributed by atoms with Gasteiger partial charge in [-0.1, -0.05) is 6.07 Å². The van der Waals surface area contributed by atoms with Gasteiger partial charge in [-0.25, -0.2) is 4.79 Å². The standard InChI is InChI=1S/C12H14N2O4/c1-17-5-4-13-11(15)7-8-2-3-10-9(6-8)14-12(16)18-10/h2-3,6H,4-5,7H2,1H3,(H,13,15)(H,14,16). The summed E-state index contributed by atoms with van der Waals surface area (Å²) in [5, 5.41) is 2.73. The minimum absolute atomic E-state index is 0.0859. The number of hydrogen-bond donors (Lipinski definition) is 2. The van der Waals surface area contributed by atoms with Gasteiger partial charge in [-0.15, -0.1) is 0 Å². The van der Waals surface area contributed by atoms with E-state index < -0.39 is 5.76 Å². The number of aromatic amines is 1. The zero-order valence-electron chi connectivity index (χ0n) is 9.99. The van der Waals surface area contributed by atoms with Gasteiger partial charge in [0.05, 0.1) is 18.5 Å². The molecule has 1 heterocycles. The molecule has 18 heavy (non-hydrogen) atoms. The van der Waals surface area contributed by atoms with E-state index in [-0.39, 0.29) is 12.3 Å². The van der Waals surface area contributed by atoms with Crippen molar-refractivity contribution in [1.82, 2.24) is 10.3 Å². The molecular formula is C12H14N2O4. The van der Waals surface area contributed by atoms with Crippen molar-refractivity contribution < 1.29 is 13.9 Å². The smallest absolute Gasteiger partial charge is 0.408 e. The van der Waals surface area contributed by atoms with Crippen LogP contribution in [0.1, 0.15) is 5.56 Å². The lowest BCUT2D eigenvalue weighted by molar-refractivity contribution is -0.120. The van der Waals surface area contributed by atoms with Crippen molar-refractivity contribution in [1.29, 1.82) is 0 Å². The molecule has 1 amide bonds. The van der Waals surface area contributed by atoms with Gasteiger partial charge >= 0.3 is 5.76 Å². The van der Waals surface area contributed by atoms with Crippen LogP contribution in [0.25, 0.3) is 11.1 Å². The quantitative estimate of drug-likeness (QED) is 0.753. The molecule has 0 unspecified atom stereocenters. The minimum atomic E-state index is -0.494. The number of carbonyl (C=O) groups excluding carboxylic acids is 1. The van der Waals surface area contributed by atoms with Gasteiger partial charge < -0.3 is 14.5 Å². The number of ether oxygens (including phenoxy) is 1. The lowest BCUT2D eigenvalue weighted by atomic mass is 10.1. The summed E-state index contributed by atoms with van der Waals surface area (Å²) >= 11 is 0. The number of aromatic nitrogens is 1. The minimum Gasteiger partial charge on any atom is -0.408 e. The Balaban J connectivity index is 2.02. The molecule has 0 bridgehead atoms. The Bertz CT molecular complexity index is 599. The number of nitrogens with one attached hydrogen (secondary N) is 2. The van der Waals surface area contributed by atoms with Crippen LogP contribution in [0.5, 0.6) is 0 Å². The van der Waals surface area contributed by atoms with Crippen LogP contribution in [0.15, 0.2) is 27.4 Å². The van der Waals surface area contributed by atoms with E-state index >= 15 is 0 Å². The lowest BCUT2D eigenvalue weighted by Crippen LogP contribution is -2.28. The highest BCUT2D eigenvalue weighted by Gasteiger charge is 2.06. The van der Waals surface area contributed by atoms with Crippen LogP contribution < -0.4 is 11.1 Å². The Hall–Kier alpha value is -2.08. The maximum absolute atomic E-state index is 11.6. The second-order valence-electron chi connectivity index (χ2n) is 3.86. The van der Waals surface area contributed by atoms with Gasteiger partial charge in [-0.3, -0.25) is 9.78 Å². The molecule has 0 aliphatic heterocycles. The first kappa shape index (κ1) is 12.4. The second-order valence-corrected chi connectivity index (χ2v) is 3.86. The predicted octanol–water partition coefficient (Wildman–Crippen LogP) is 0.426. The zero-order valence-corrected chi connectivity index (χ0v) is 9.99. The van der Waals surface area contributed by atoms with Crippen LogP contribution in [0.2, 0.25) is 0 Å². The molecule has 0 atom stereocenters. The molecule has 0 saturated carbocycles. The summed E-state index contributed by atoms with van der Waals surface area (Å²) in [5.74, 6) is -0.580. The highest BCUT2D eigenvalue weighted by molar-refractivity contribution is 5.80. The number of fused-ring (bicyclic) bond motifs is 1. The summed E-state index contributed by atoms with van der Waals surface area (Å²) in [4.78, 5) is 25.1. The Morgan fingerprint density at radius 3 is 3.11 bits per heavy atom. The summed E-state index contributed by atoms with van der Waals surface area (Å²) < 4.78 is 9.72. The highest BCUT2D eigenvalue weighted by atomic mass is 16.5. The first-order valence-corrected chi connectivity index (χ1v) is 5.56. The van der Waals surface area contributed by atoms with Gasteiger partial charge in [-0.05, 0) is 17.7 Å². The van der Waals surface area contributed by atoms with Crippen LogP contribution in [-0.4, -0.2) is 31.2 Å². The average Bonchev–Trinajstić information content (AvgIpc) is 2.69. The summed E-state index contributed by atoms with van der Waals surface area (Å²) in [6.07, 6.45) is 0.257. The first-order chi connectivity index (χ1) is 8.69. The number of rotatable bonds is 5. The number of H-pyrrole nitrogens is 1. The van der Waals surface area contributed by atoms with Gasteiger partial charge in [0.25, 0.3) is 0 Å². The fourth-order valence-corrected chi connectivity index (χ4v) is 1.65. The van der Waals surface area contributed by atoms with Crippen molar-refractivity contribution in [2.24, 2.45) is 0 Å². The maximum Gasteiger partial charge on any atom is 0.417 e. The number of methoxy groups -OCH3 is 1. The van der Waals surface area contributed by atoms with Crippen LogP contribution in [0.3, 0.4) is 0 Å². The predicted molar refractivity (Wildman–Crippen MR) is 65.4 cm³/mol. The third kappa shape index (κ3) is 2.98. The summed E-state index contributed by atoms with van der Waals surface area (Å²) in [5.41, 5.74) is 1.90. The van der Waals surface area contributed by atoms with Crippen LogP contribution in [0.4, 0.5) is 0 Å². The van der Waals surface area contributed by atoms with Crippen molar-refractivity contribution >= 4 is 17.0 Å². The number of hydrogen-bond acceptors (Lipinski definition) is 4. The van der Waals surface area contributed by atoms with Gasteiger partial charge in [-0.2, -0.15) is 0 Å². The molecule has 2 rings (SSSR count). The van der Waals surface area contributed by atoms with E-state index in [0.717, 1.165) is 5.56 Å². The van der Waals surface area contributed by atoms with E-state index in [0.29, 0.717) is 24.3 Å². The Morgan fingerprint density at radius 1 is 1.50 bits per heavy atom. The molecule has 6 nitrogen and oxygen atoms in total. The van der Waals surface area contributed by atoms with Crippen LogP contribution >= 0.6 is 0 Å². The van der Waals surface area contributed by atoms with Gasteiger partial charge in [0.2, 0.25) is 5.91 Å². The molecule has 0 aliphatic rings. The third-order valence-electron chi connectivity index (χ3n) is 2.48. The molecule has 2 aromatic rings. The topological polar surface area (TPSA) is 84.3 Å². The third-order valence-corrected chi connectivity index (χ3v) is 2.48. The number of oxazole rings is 1. The van der Waals surface area contributed by atoms with E-state index in [1.165, 1.54) is 0 Å². The van der Waals surface area contributed by atoms with Crippen molar-refractivity contribution in [3.63, 3.8) is 0 Å². The van der Waals surface area contributed by atoms with Crippen molar-refractivity contribution in [3.8, 4) is 0 Å². The van der Waals surface area contributed by atoms with E-state index in [1.54, 1.807) is 25.3 Å². The van der Waals surface area contributed by atoms with Crippen molar-refractivity contribution in [2.75, 3.05) is 20.3 Å². The molecule has 0 spiro atoms. The fraction of sp³-hybridized carbons (Fsp3) is 0.333. The summed E-state index contributed by atoms with van der Waals surface area (Å²) in [6, 6.07) is 5.16. The lowest BCUT2D eigenvalue weighted by Gasteiger charge is -2.04. The zero-order chi connectivity index (χ0) is 13.0. The largest absolute Gasteiger partial charge is 0.417 e. The molecular weight excluding hydrogens is 236 g/mol. The molecule has 96 valence electrons. The molecule has 1 aromatic heterocycles. The fourth-order valence-electron chi connectivity index (χ4n) is 1.65. The first-order valence-electron chi connectivity index (χ1n) is 5.56. The number of carbonyl (C=O) groups is 1. The molecule has 2 N–H and O–H groups in total. The number of amides is 1. The maximum atomic E-state index is 11.6. The average molecular weight is 250 g/mol. The molecule has 0 radical (unpaired) electrons. The molecule has 0 fully saturated rings.